The van der Waals surface area contributed by atoms with Crippen molar-refractivity contribution in [3.05, 3.63) is 63.3 Å². The Balaban J connectivity index is 1.87. The van der Waals surface area contributed by atoms with E-state index < -0.39 is 0 Å². The average Bonchev–Trinajstić information content (AvgIpc) is 3.14. The van der Waals surface area contributed by atoms with Gasteiger partial charge in [-0.25, -0.2) is 0 Å². The Labute approximate surface area is 164 Å². The second-order valence-corrected chi connectivity index (χ2v) is 7.49. The van der Waals surface area contributed by atoms with Crippen LogP contribution in [-0.2, 0) is 18.8 Å². The highest BCUT2D eigenvalue weighted by Crippen LogP contribution is 2.47. The molecule has 2 aromatic rings. The third-order valence-corrected chi connectivity index (χ3v) is 5.45. The number of ether oxygens (including phenoxy) is 1. The Hall–Kier alpha value is -3.27. The number of nitrogens with zero attached hydrogens (tertiary/aromatic N) is 5. The Morgan fingerprint density at radius 3 is 2.50 bits per heavy atom. The second kappa shape index (κ2) is 6.71. The minimum Gasteiger partial charge on any atom is -0.440 e. The molecule has 2 aliphatic rings. The highest BCUT2D eigenvalue weighted by Gasteiger charge is 2.37. The summed E-state index contributed by atoms with van der Waals surface area (Å²) in [6, 6.07) is 2.27. The topological polar surface area (TPSA) is 94.7 Å². The number of hydrogen-bond donors (Lipinski definition) is 1. The molecular formula is C21H24N6O. The molecule has 0 amide bonds. The minimum atomic E-state index is -0.207. The van der Waals surface area contributed by atoms with Gasteiger partial charge in [0, 0.05) is 37.6 Å². The molecular weight excluding hydrogens is 352 g/mol. The van der Waals surface area contributed by atoms with Gasteiger partial charge in [-0.1, -0.05) is 0 Å². The lowest BCUT2D eigenvalue weighted by atomic mass is 9.77. The van der Waals surface area contributed by atoms with Gasteiger partial charge in [-0.05, 0) is 50.3 Å². The van der Waals surface area contributed by atoms with E-state index in [0.29, 0.717) is 5.57 Å². The van der Waals surface area contributed by atoms with E-state index >= 15 is 0 Å². The maximum Gasteiger partial charge on any atom is 0.205 e. The van der Waals surface area contributed by atoms with Crippen molar-refractivity contribution in [2.45, 2.75) is 39.0 Å². The standard InChI is InChI=1S/C21H24N6O/c1-12-15(10-26(3)24-12)8-14-6-5-7-16-19(18-11-27(4)25-13(18)2)17(9-22)21(23)28-20(14)16/h8,10-11,19H,5-7,23H2,1-4H3/b14-8+/t19-/m0/s1. The first-order valence-corrected chi connectivity index (χ1v) is 9.41. The molecule has 1 aliphatic heterocycles. The monoisotopic (exact) mass is 376 g/mol. The summed E-state index contributed by atoms with van der Waals surface area (Å²) in [5, 5.41) is 18.7. The number of aromatic nitrogens is 4. The normalized spacial score (nSPS) is 21.0. The summed E-state index contributed by atoms with van der Waals surface area (Å²) in [5.74, 6) is 0.783. The molecule has 28 heavy (non-hydrogen) atoms. The fourth-order valence-corrected chi connectivity index (χ4v) is 4.24. The van der Waals surface area contributed by atoms with E-state index in [0.717, 1.165) is 58.7 Å². The maximum atomic E-state index is 9.78. The van der Waals surface area contributed by atoms with Crippen LogP contribution < -0.4 is 5.73 Å². The molecule has 2 N–H and O–H groups in total. The zero-order chi connectivity index (χ0) is 20.0. The van der Waals surface area contributed by atoms with Crippen LogP contribution in [0.15, 0.2) is 40.8 Å². The van der Waals surface area contributed by atoms with Gasteiger partial charge in [0.2, 0.25) is 5.88 Å². The van der Waals surface area contributed by atoms with Gasteiger partial charge in [0.25, 0.3) is 0 Å². The molecule has 0 saturated carbocycles. The molecule has 0 radical (unpaired) electrons. The summed E-state index contributed by atoms with van der Waals surface area (Å²) in [4.78, 5) is 0. The van der Waals surface area contributed by atoms with Crippen molar-refractivity contribution in [2.24, 2.45) is 19.8 Å². The van der Waals surface area contributed by atoms with Gasteiger partial charge in [-0.15, -0.1) is 0 Å². The summed E-state index contributed by atoms with van der Waals surface area (Å²) >= 11 is 0. The number of nitriles is 1. The van der Waals surface area contributed by atoms with Crippen LogP contribution in [0.2, 0.25) is 0 Å². The van der Waals surface area contributed by atoms with E-state index in [2.05, 4.69) is 22.3 Å². The Bertz CT molecular complexity index is 1090. The minimum absolute atomic E-state index is 0.185. The van der Waals surface area contributed by atoms with Gasteiger partial charge >= 0.3 is 0 Å². The average molecular weight is 376 g/mol. The van der Waals surface area contributed by atoms with Crippen LogP contribution in [0.5, 0.6) is 0 Å². The van der Waals surface area contributed by atoms with Crippen LogP contribution in [-0.4, -0.2) is 19.6 Å². The lowest BCUT2D eigenvalue weighted by Gasteiger charge is -2.33. The van der Waals surface area contributed by atoms with Gasteiger partial charge in [0.1, 0.15) is 17.4 Å². The highest BCUT2D eigenvalue weighted by molar-refractivity contribution is 5.63. The van der Waals surface area contributed by atoms with Crippen LogP contribution in [0.25, 0.3) is 6.08 Å². The molecule has 1 aliphatic carbocycles. The second-order valence-electron chi connectivity index (χ2n) is 7.49. The lowest BCUT2D eigenvalue weighted by molar-refractivity contribution is 0.277. The third kappa shape index (κ3) is 2.91. The molecule has 2 aromatic heterocycles. The predicted octanol–water partition coefficient (Wildman–Crippen LogP) is 3.10. The Morgan fingerprint density at radius 1 is 1.18 bits per heavy atom. The van der Waals surface area contributed by atoms with Gasteiger partial charge in [-0.3, -0.25) is 9.36 Å². The van der Waals surface area contributed by atoms with E-state index in [1.807, 2.05) is 45.0 Å². The SMILES string of the molecule is Cc1nn(C)cc1/C=C1\CCCC2=C1OC(N)=C(C#N)[C@H]2c1cn(C)nc1C. The molecule has 0 bridgehead atoms. The summed E-state index contributed by atoms with van der Waals surface area (Å²) in [5.41, 5.74) is 12.8. The molecule has 0 saturated heterocycles. The smallest absolute Gasteiger partial charge is 0.205 e. The molecule has 7 nitrogen and oxygen atoms in total. The van der Waals surface area contributed by atoms with Crippen molar-refractivity contribution in [1.82, 2.24) is 19.6 Å². The first-order valence-electron chi connectivity index (χ1n) is 9.41. The maximum absolute atomic E-state index is 9.78. The summed E-state index contributed by atoms with van der Waals surface area (Å²) < 4.78 is 9.61. The predicted molar refractivity (Wildman–Crippen MR) is 105 cm³/mol. The van der Waals surface area contributed by atoms with Crippen LogP contribution >= 0.6 is 0 Å². The highest BCUT2D eigenvalue weighted by atomic mass is 16.5. The van der Waals surface area contributed by atoms with E-state index in [9.17, 15) is 5.26 Å². The largest absolute Gasteiger partial charge is 0.440 e. The zero-order valence-electron chi connectivity index (χ0n) is 16.7. The molecule has 144 valence electrons. The van der Waals surface area contributed by atoms with E-state index in [-0.39, 0.29) is 11.8 Å². The molecule has 0 spiro atoms. The van der Waals surface area contributed by atoms with Crippen LogP contribution in [0.3, 0.4) is 0 Å². The van der Waals surface area contributed by atoms with Crippen molar-refractivity contribution in [3.8, 4) is 6.07 Å². The Morgan fingerprint density at radius 2 is 1.89 bits per heavy atom. The molecule has 0 unspecified atom stereocenters. The van der Waals surface area contributed by atoms with Crippen LogP contribution in [0.1, 0.15) is 47.7 Å². The van der Waals surface area contributed by atoms with E-state index in [1.165, 1.54) is 0 Å². The number of allylic oxidation sites excluding steroid dienone is 3. The van der Waals surface area contributed by atoms with Crippen molar-refractivity contribution >= 4 is 6.08 Å². The molecule has 3 heterocycles. The first kappa shape index (κ1) is 18.1. The van der Waals surface area contributed by atoms with Crippen molar-refractivity contribution in [2.75, 3.05) is 0 Å². The fourth-order valence-electron chi connectivity index (χ4n) is 4.24. The number of nitrogens with two attached hydrogens (primary N) is 1. The van der Waals surface area contributed by atoms with E-state index in [4.69, 9.17) is 10.5 Å². The summed E-state index contributed by atoms with van der Waals surface area (Å²) in [6.07, 6.45) is 8.89. The summed E-state index contributed by atoms with van der Waals surface area (Å²) in [6.45, 7) is 3.96. The van der Waals surface area contributed by atoms with Gasteiger partial charge in [-0.2, -0.15) is 15.5 Å². The molecule has 4 rings (SSSR count). The number of aryl methyl sites for hydroxylation is 4. The zero-order valence-corrected chi connectivity index (χ0v) is 16.7. The molecule has 7 heteroatoms. The fraction of sp³-hybridized carbons (Fsp3) is 0.381. The van der Waals surface area contributed by atoms with Gasteiger partial charge in [0.05, 0.1) is 17.3 Å². The molecule has 0 aromatic carbocycles. The van der Waals surface area contributed by atoms with Gasteiger partial charge < -0.3 is 10.5 Å². The van der Waals surface area contributed by atoms with E-state index in [1.54, 1.807) is 4.68 Å². The third-order valence-electron chi connectivity index (χ3n) is 5.45. The van der Waals surface area contributed by atoms with Crippen LogP contribution in [0.4, 0.5) is 0 Å². The quantitative estimate of drug-likeness (QED) is 0.869. The van der Waals surface area contributed by atoms with Crippen molar-refractivity contribution in [3.63, 3.8) is 0 Å². The first-order chi connectivity index (χ1) is 13.4. The van der Waals surface area contributed by atoms with Crippen LogP contribution in [0, 0.1) is 25.2 Å². The number of hydrogen-bond acceptors (Lipinski definition) is 5. The lowest BCUT2D eigenvalue weighted by Crippen LogP contribution is -2.24. The summed E-state index contributed by atoms with van der Waals surface area (Å²) in [7, 11) is 3.81. The molecule has 1 atom stereocenters. The Kier molecular flexibility index (Phi) is 4.34. The van der Waals surface area contributed by atoms with Crippen molar-refractivity contribution < 1.29 is 4.74 Å². The van der Waals surface area contributed by atoms with Crippen molar-refractivity contribution in [1.29, 1.82) is 5.26 Å². The number of rotatable bonds is 2. The molecule has 0 fully saturated rings. The van der Waals surface area contributed by atoms with Gasteiger partial charge in [0.15, 0.2) is 0 Å².